The van der Waals surface area contributed by atoms with Crippen molar-refractivity contribution in [1.82, 2.24) is 9.80 Å². The quantitative estimate of drug-likeness (QED) is 0.452. The second-order valence-electron chi connectivity index (χ2n) is 6.73. The van der Waals surface area contributed by atoms with Crippen molar-refractivity contribution >= 4 is 0 Å². The molecule has 0 saturated carbocycles. The number of rotatable bonds is 13. The zero-order valence-electron chi connectivity index (χ0n) is 14.8. The lowest BCUT2D eigenvalue weighted by Gasteiger charge is -2.34. The van der Waals surface area contributed by atoms with E-state index in [4.69, 9.17) is 0 Å². The van der Waals surface area contributed by atoms with Gasteiger partial charge >= 0.3 is 0 Å². The maximum Gasteiger partial charge on any atom is 0.0110 e. The third-order valence-electron chi connectivity index (χ3n) is 4.73. The summed E-state index contributed by atoms with van der Waals surface area (Å²) >= 11 is 0. The Labute approximate surface area is 134 Å². The van der Waals surface area contributed by atoms with Gasteiger partial charge in [-0.2, -0.15) is 0 Å². The Hall–Kier alpha value is -0.0800. The normalized spacial score (nSPS) is 17.4. The summed E-state index contributed by atoms with van der Waals surface area (Å²) in [5, 5.41) is 0. The van der Waals surface area contributed by atoms with E-state index in [1.54, 1.807) is 0 Å². The molecule has 1 saturated heterocycles. The standard InChI is InChI=1S/C19H39N2/c1-3-5-6-7-8-9-10-11-12-13-15-21-18-16-20(14-4-2)17-19-21/h4H,3,5-19H2,1-2H3. The van der Waals surface area contributed by atoms with Gasteiger partial charge in [0.1, 0.15) is 0 Å². The number of unbranched alkanes of at least 4 members (excludes halogenated alkanes) is 9. The molecule has 0 amide bonds. The van der Waals surface area contributed by atoms with Crippen LogP contribution in [0.1, 0.15) is 78.1 Å². The van der Waals surface area contributed by atoms with Crippen LogP contribution in [-0.2, 0) is 0 Å². The van der Waals surface area contributed by atoms with Gasteiger partial charge in [-0.3, -0.25) is 0 Å². The van der Waals surface area contributed by atoms with Crippen LogP contribution < -0.4 is 0 Å². The first-order valence-corrected chi connectivity index (χ1v) is 9.59. The van der Waals surface area contributed by atoms with Gasteiger partial charge in [-0.05, 0) is 19.4 Å². The monoisotopic (exact) mass is 295 g/mol. The van der Waals surface area contributed by atoms with Gasteiger partial charge in [0.05, 0.1) is 0 Å². The fourth-order valence-corrected chi connectivity index (χ4v) is 3.28. The molecular formula is C19H39N2. The van der Waals surface area contributed by atoms with Crippen LogP contribution in [0.3, 0.4) is 0 Å². The van der Waals surface area contributed by atoms with Gasteiger partial charge in [-0.1, -0.05) is 71.6 Å². The molecule has 1 radical (unpaired) electrons. The third-order valence-corrected chi connectivity index (χ3v) is 4.73. The first-order valence-electron chi connectivity index (χ1n) is 9.59. The lowest BCUT2D eigenvalue weighted by Crippen LogP contribution is -2.46. The summed E-state index contributed by atoms with van der Waals surface area (Å²) in [6.45, 7) is 12.1. The molecule has 0 aromatic carbocycles. The average molecular weight is 296 g/mol. The van der Waals surface area contributed by atoms with E-state index < -0.39 is 0 Å². The van der Waals surface area contributed by atoms with Crippen LogP contribution in [0.4, 0.5) is 0 Å². The van der Waals surface area contributed by atoms with E-state index in [0.717, 1.165) is 0 Å². The van der Waals surface area contributed by atoms with Gasteiger partial charge in [0.15, 0.2) is 0 Å². The first kappa shape index (κ1) is 19.0. The van der Waals surface area contributed by atoms with Crippen molar-refractivity contribution in [2.45, 2.75) is 78.1 Å². The van der Waals surface area contributed by atoms with Crippen LogP contribution in [-0.4, -0.2) is 49.1 Å². The number of hydrogen-bond donors (Lipinski definition) is 0. The van der Waals surface area contributed by atoms with Crippen LogP contribution in [0.2, 0.25) is 0 Å². The molecule has 1 rings (SSSR count). The van der Waals surface area contributed by atoms with Crippen molar-refractivity contribution in [2.75, 3.05) is 39.3 Å². The first-order chi connectivity index (χ1) is 10.4. The van der Waals surface area contributed by atoms with Crippen LogP contribution >= 0.6 is 0 Å². The molecular weight excluding hydrogens is 256 g/mol. The summed E-state index contributed by atoms with van der Waals surface area (Å²) in [6.07, 6.45) is 16.7. The largest absolute Gasteiger partial charge is 0.301 e. The molecule has 1 fully saturated rings. The van der Waals surface area contributed by atoms with E-state index in [1.165, 1.54) is 103 Å². The van der Waals surface area contributed by atoms with Crippen molar-refractivity contribution < 1.29 is 0 Å². The van der Waals surface area contributed by atoms with Gasteiger partial charge < -0.3 is 9.80 Å². The minimum absolute atomic E-state index is 1.17. The molecule has 21 heavy (non-hydrogen) atoms. The van der Waals surface area contributed by atoms with E-state index >= 15 is 0 Å². The fourth-order valence-electron chi connectivity index (χ4n) is 3.28. The molecule has 1 aliphatic rings. The molecule has 0 unspecified atom stereocenters. The highest BCUT2D eigenvalue weighted by molar-refractivity contribution is 4.75. The maximum atomic E-state index is 2.66. The van der Waals surface area contributed by atoms with Gasteiger partial charge in [0.25, 0.3) is 0 Å². The predicted octanol–water partition coefficient (Wildman–Crippen LogP) is 4.75. The molecule has 1 heterocycles. The van der Waals surface area contributed by atoms with Crippen molar-refractivity contribution in [2.24, 2.45) is 0 Å². The van der Waals surface area contributed by atoms with Gasteiger partial charge in [-0.15, -0.1) is 0 Å². The molecule has 0 aromatic heterocycles. The minimum atomic E-state index is 1.17. The number of piperazine rings is 1. The van der Waals surface area contributed by atoms with E-state index in [9.17, 15) is 0 Å². The van der Waals surface area contributed by atoms with Crippen molar-refractivity contribution in [1.29, 1.82) is 0 Å². The average Bonchev–Trinajstić information content (AvgIpc) is 2.51. The Balaban J connectivity index is 1.80. The van der Waals surface area contributed by atoms with Gasteiger partial charge in [-0.25, -0.2) is 0 Å². The molecule has 0 atom stereocenters. The van der Waals surface area contributed by atoms with Crippen molar-refractivity contribution in [3.05, 3.63) is 6.42 Å². The number of hydrogen-bond acceptors (Lipinski definition) is 2. The van der Waals surface area contributed by atoms with E-state index in [2.05, 4.69) is 30.1 Å². The summed E-state index contributed by atoms with van der Waals surface area (Å²) in [5.41, 5.74) is 0. The lowest BCUT2D eigenvalue weighted by molar-refractivity contribution is 0.138. The highest BCUT2D eigenvalue weighted by Crippen LogP contribution is 2.11. The Morgan fingerprint density at radius 2 is 1.14 bits per heavy atom. The van der Waals surface area contributed by atoms with Crippen molar-refractivity contribution in [3.63, 3.8) is 0 Å². The van der Waals surface area contributed by atoms with Crippen LogP contribution in [0.15, 0.2) is 0 Å². The van der Waals surface area contributed by atoms with Crippen LogP contribution in [0.5, 0.6) is 0 Å². The van der Waals surface area contributed by atoms with Crippen LogP contribution in [0.25, 0.3) is 0 Å². The zero-order valence-corrected chi connectivity index (χ0v) is 14.8. The molecule has 0 aromatic rings. The van der Waals surface area contributed by atoms with Crippen LogP contribution in [0, 0.1) is 6.42 Å². The van der Waals surface area contributed by atoms with Crippen molar-refractivity contribution in [3.8, 4) is 0 Å². The SMILES string of the molecule is C[CH]CN1CCN(CCCCCCCCCCCC)CC1. The summed E-state index contributed by atoms with van der Waals surface area (Å²) < 4.78 is 0. The molecule has 0 N–H and O–H groups in total. The summed E-state index contributed by atoms with van der Waals surface area (Å²) in [4.78, 5) is 5.23. The second-order valence-corrected chi connectivity index (χ2v) is 6.73. The lowest BCUT2D eigenvalue weighted by atomic mass is 10.1. The molecule has 0 bridgehead atoms. The summed E-state index contributed by atoms with van der Waals surface area (Å²) in [7, 11) is 0. The third kappa shape index (κ3) is 10.3. The highest BCUT2D eigenvalue weighted by Gasteiger charge is 2.14. The second kappa shape index (κ2) is 13.6. The zero-order chi connectivity index (χ0) is 15.2. The smallest absolute Gasteiger partial charge is 0.0110 e. The molecule has 0 aliphatic carbocycles. The fraction of sp³-hybridized carbons (Fsp3) is 0.947. The maximum absolute atomic E-state index is 2.66. The Morgan fingerprint density at radius 3 is 1.67 bits per heavy atom. The Bertz CT molecular complexity index is 210. The van der Waals surface area contributed by atoms with E-state index in [0.29, 0.717) is 0 Å². The molecule has 125 valence electrons. The predicted molar refractivity (Wildman–Crippen MR) is 94.7 cm³/mol. The molecule has 0 spiro atoms. The molecule has 2 nitrogen and oxygen atoms in total. The van der Waals surface area contributed by atoms with E-state index in [-0.39, 0.29) is 0 Å². The molecule has 1 aliphatic heterocycles. The minimum Gasteiger partial charge on any atom is -0.301 e. The summed E-state index contributed by atoms with van der Waals surface area (Å²) in [6, 6.07) is 0. The summed E-state index contributed by atoms with van der Waals surface area (Å²) in [5.74, 6) is 0. The highest BCUT2D eigenvalue weighted by atomic mass is 15.3. The Morgan fingerprint density at radius 1 is 0.667 bits per heavy atom. The topological polar surface area (TPSA) is 6.48 Å². The number of nitrogens with zero attached hydrogens (tertiary/aromatic N) is 2. The van der Waals surface area contributed by atoms with E-state index in [1.807, 2.05) is 0 Å². The Kier molecular flexibility index (Phi) is 12.3. The van der Waals surface area contributed by atoms with Gasteiger partial charge in [0, 0.05) is 32.7 Å². The van der Waals surface area contributed by atoms with Gasteiger partial charge in [0.2, 0.25) is 0 Å². The molecule has 2 heteroatoms.